The summed E-state index contributed by atoms with van der Waals surface area (Å²) in [5.74, 6) is 0. The lowest BCUT2D eigenvalue weighted by molar-refractivity contribution is 0.575. The van der Waals surface area contributed by atoms with Crippen LogP contribution < -0.4 is 5.32 Å². The summed E-state index contributed by atoms with van der Waals surface area (Å²) in [4.78, 5) is 4.43. The van der Waals surface area contributed by atoms with E-state index in [0.717, 1.165) is 18.7 Å². The molecule has 18 heavy (non-hydrogen) atoms. The van der Waals surface area contributed by atoms with Gasteiger partial charge in [0.2, 0.25) is 0 Å². The van der Waals surface area contributed by atoms with Gasteiger partial charge in [-0.05, 0) is 43.7 Å². The van der Waals surface area contributed by atoms with Gasteiger partial charge in [-0.15, -0.1) is 0 Å². The number of hydrogen-bond acceptors (Lipinski definition) is 2. The Kier molecular flexibility index (Phi) is 4.15. The summed E-state index contributed by atoms with van der Waals surface area (Å²) in [6, 6.07) is 6.71. The van der Waals surface area contributed by atoms with E-state index in [1.807, 2.05) is 19.3 Å². The third-order valence-corrected chi connectivity index (χ3v) is 3.38. The normalized spacial score (nSPS) is 12.6. The lowest BCUT2D eigenvalue weighted by Crippen LogP contribution is -2.14. The van der Waals surface area contributed by atoms with Gasteiger partial charge in [0.1, 0.15) is 0 Å². The summed E-state index contributed by atoms with van der Waals surface area (Å²) in [5.41, 5.74) is 3.72. The van der Waals surface area contributed by atoms with Crippen LogP contribution in [0.1, 0.15) is 36.2 Å². The summed E-state index contributed by atoms with van der Waals surface area (Å²) in [5, 5.41) is 3.33. The lowest BCUT2D eigenvalue weighted by atomic mass is 10.1. The minimum Gasteiger partial charge on any atom is -0.348 e. The summed E-state index contributed by atoms with van der Waals surface area (Å²) in [6.45, 7) is 5.14. The number of aryl methyl sites for hydroxylation is 1. The van der Waals surface area contributed by atoms with Crippen LogP contribution >= 0.6 is 0 Å². The van der Waals surface area contributed by atoms with Crippen LogP contribution in [0.3, 0.4) is 0 Å². The van der Waals surface area contributed by atoms with Crippen LogP contribution in [0, 0.1) is 6.92 Å². The van der Waals surface area contributed by atoms with Crippen molar-refractivity contribution in [3.8, 4) is 0 Å². The third-order valence-electron chi connectivity index (χ3n) is 3.38. The van der Waals surface area contributed by atoms with Crippen molar-refractivity contribution in [1.82, 2.24) is 14.9 Å². The topological polar surface area (TPSA) is 29.9 Å². The van der Waals surface area contributed by atoms with Gasteiger partial charge in [-0.25, -0.2) is 0 Å². The van der Waals surface area contributed by atoms with Crippen molar-refractivity contribution >= 4 is 0 Å². The molecule has 2 heterocycles. The molecule has 0 aliphatic heterocycles. The molecule has 0 fully saturated rings. The van der Waals surface area contributed by atoms with Gasteiger partial charge in [0, 0.05) is 24.6 Å². The molecule has 2 aromatic rings. The van der Waals surface area contributed by atoms with E-state index in [0.29, 0.717) is 6.04 Å². The maximum atomic E-state index is 4.43. The minimum atomic E-state index is 0.441. The number of aromatic nitrogens is 2. The molecule has 0 aliphatic rings. The van der Waals surface area contributed by atoms with Crippen LogP contribution in [0.4, 0.5) is 0 Å². The molecule has 3 heteroatoms. The molecule has 0 aliphatic carbocycles. The molecule has 0 aromatic carbocycles. The van der Waals surface area contributed by atoms with E-state index in [1.165, 1.54) is 11.1 Å². The maximum Gasteiger partial charge on any atom is 0.0645 e. The smallest absolute Gasteiger partial charge is 0.0645 e. The van der Waals surface area contributed by atoms with Crippen molar-refractivity contribution in [2.45, 2.75) is 32.9 Å². The molecule has 0 saturated heterocycles. The van der Waals surface area contributed by atoms with Crippen molar-refractivity contribution in [2.75, 3.05) is 7.05 Å². The van der Waals surface area contributed by atoms with E-state index in [2.05, 4.69) is 53.2 Å². The highest BCUT2D eigenvalue weighted by atomic mass is 15.0. The van der Waals surface area contributed by atoms with Crippen molar-refractivity contribution < 1.29 is 0 Å². The summed E-state index contributed by atoms with van der Waals surface area (Å²) < 4.78 is 2.20. The van der Waals surface area contributed by atoms with Gasteiger partial charge < -0.3 is 9.88 Å². The number of pyridine rings is 1. The van der Waals surface area contributed by atoms with Gasteiger partial charge >= 0.3 is 0 Å². The molecule has 0 radical (unpaired) electrons. The Bertz CT molecular complexity index is 498. The van der Waals surface area contributed by atoms with E-state index in [9.17, 15) is 0 Å². The predicted molar refractivity (Wildman–Crippen MR) is 74.6 cm³/mol. The molecule has 2 rings (SSSR count). The van der Waals surface area contributed by atoms with Crippen LogP contribution in [0.5, 0.6) is 0 Å². The first kappa shape index (κ1) is 12.8. The van der Waals surface area contributed by atoms with Crippen LogP contribution in [0.25, 0.3) is 0 Å². The largest absolute Gasteiger partial charge is 0.348 e. The van der Waals surface area contributed by atoms with Gasteiger partial charge in [-0.2, -0.15) is 0 Å². The highest BCUT2D eigenvalue weighted by molar-refractivity contribution is 5.20. The maximum absolute atomic E-state index is 4.43. The van der Waals surface area contributed by atoms with Gasteiger partial charge in [0.15, 0.2) is 0 Å². The number of hydrogen-bond donors (Lipinski definition) is 1. The van der Waals surface area contributed by atoms with E-state index in [1.54, 1.807) is 0 Å². The third kappa shape index (κ3) is 2.79. The second-order valence-corrected chi connectivity index (χ2v) is 4.63. The van der Waals surface area contributed by atoms with Crippen LogP contribution in [-0.4, -0.2) is 16.6 Å². The van der Waals surface area contributed by atoms with Crippen LogP contribution in [0.2, 0.25) is 0 Å². The molecular weight excluding hydrogens is 222 g/mol. The van der Waals surface area contributed by atoms with Crippen LogP contribution in [0.15, 0.2) is 36.8 Å². The zero-order valence-corrected chi connectivity index (χ0v) is 11.4. The molecule has 96 valence electrons. The second kappa shape index (κ2) is 5.83. The van der Waals surface area contributed by atoms with Crippen molar-refractivity contribution in [3.63, 3.8) is 0 Å². The van der Waals surface area contributed by atoms with Gasteiger partial charge in [-0.3, -0.25) is 4.98 Å². The summed E-state index contributed by atoms with van der Waals surface area (Å²) >= 11 is 0. The Morgan fingerprint density at radius 3 is 2.89 bits per heavy atom. The molecule has 0 spiro atoms. The Hall–Kier alpha value is -1.61. The highest BCUT2D eigenvalue weighted by Crippen LogP contribution is 2.17. The van der Waals surface area contributed by atoms with E-state index >= 15 is 0 Å². The van der Waals surface area contributed by atoms with E-state index < -0.39 is 0 Å². The minimum absolute atomic E-state index is 0.441. The first-order valence-corrected chi connectivity index (χ1v) is 6.48. The zero-order chi connectivity index (χ0) is 13.0. The van der Waals surface area contributed by atoms with Crippen molar-refractivity contribution in [3.05, 3.63) is 53.6 Å². The molecule has 0 saturated carbocycles. The number of nitrogens with one attached hydrogen (secondary N) is 1. The first-order chi connectivity index (χ1) is 8.74. The molecule has 1 unspecified atom stereocenters. The summed E-state index contributed by atoms with van der Waals surface area (Å²) in [7, 11) is 2.01. The highest BCUT2D eigenvalue weighted by Gasteiger charge is 2.08. The monoisotopic (exact) mass is 243 g/mol. The number of nitrogens with zero attached hydrogens (tertiary/aromatic N) is 2. The fraction of sp³-hybridized carbons (Fsp3) is 0.400. The Morgan fingerprint density at radius 2 is 2.22 bits per heavy atom. The molecule has 0 amide bonds. The molecule has 1 atom stereocenters. The second-order valence-electron chi connectivity index (χ2n) is 4.63. The molecule has 2 aromatic heterocycles. The van der Waals surface area contributed by atoms with Crippen LogP contribution in [-0.2, 0) is 6.54 Å². The Balaban J connectivity index is 2.14. The van der Waals surface area contributed by atoms with Crippen molar-refractivity contribution in [2.24, 2.45) is 0 Å². The van der Waals surface area contributed by atoms with E-state index in [-0.39, 0.29) is 0 Å². The average molecular weight is 243 g/mol. The molecule has 1 N–H and O–H groups in total. The summed E-state index contributed by atoms with van der Waals surface area (Å²) in [6.07, 6.45) is 7.29. The van der Waals surface area contributed by atoms with Gasteiger partial charge in [0.25, 0.3) is 0 Å². The fourth-order valence-electron chi connectivity index (χ4n) is 2.23. The Labute approximate surface area is 109 Å². The molecule has 3 nitrogen and oxygen atoms in total. The number of rotatable bonds is 5. The van der Waals surface area contributed by atoms with Gasteiger partial charge in [-0.1, -0.05) is 13.0 Å². The molecular formula is C15H21N3. The average Bonchev–Trinajstić information content (AvgIpc) is 2.82. The quantitative estimate of drug-likeness (QED) is 0.875. The lowest BCUT2D eigenvalue weighted by Gasteiger charge is -2.11. The standard InChI is InChI=1S/C15H21N3/c1-4-14(16-3)13-7-9-18(10-13)11-15-12(2)6-5-8-17-15/h5-10,14,16H,4,11H2,1-3H3. The zero-order valence-electron chi connectivity index (χ0n) is 11.4. The Morgan fingerprint density at radius 1 is 1.39 bits per heavy atom. The molecule has 0 bridgehead atoms. The first-order valence-electron chi connectivity index (χ1n) is 6.48. The van der Waals surface area contributed by atoms with Gasteiger partial charge in [0.05, 0.1) is 12.2 Å². The van der Waals surface area contributed by atoms with Crippen molar-refractivity contribution in [1.29, 1.82) is 0 Å². The SMILES string of the molecule is CCC(NC)c1ccn(Cc2ncccc2C)c1. The fourth-order valence-corrected chi connectivity index (χ4v) is 2.23. The van der Waals surface area contributed by atoms with E-state index in [4.69, 9.17) is 0 Å². The predicted octanol–water partition coefficient (Wildman–Crippen LogP) is 2.91.